The molecule has 3 nitrogen and oxygen atoms in total. The summed E-state index contributed by atoms with van der Waals surface area (Å²) in [6.07, 6.45) is 3.62. The lowest BCUT2D eigenvalue weighted by molar-refractivity contribution is 1.31. The van der Waals surface area contributed by atoms with E-state index in [1.807, 2.05) is 42.6 Å². The van der Waals surface area contributed by atoms with Crippen LogP contribution in [0.15, 0.2) is 54.9 Å². The lowest BCUT2D eigenvalue weighted by Gasteiger charge is -2.08. The van der Waals surface area contributed by atoms with Gasteiger partial charge in [-0.3, -0.25) is 4.98 Å². The second-order valence-electron chi connectivity index (χ2n) is 3.87. The highest BCUT2D eigenvalue weighted by atomic mass is 35.5. The SMILES string of the molecule is Clc1cccc(Nc2cccc3cnccc23)n1. The molecule has 4 heteroatoms. The maximum Gasteiger partial charge on any atom is 0.132 e. The molecule has 0 bridgehead atoms. The molecular weight excluding hydrogens is 246 g/mol. The molecule has 0 aliphatic rings. The van der Waals surface area contributed by atoms with Crippen LogP contribution in [0.3, 0.4) is 0 Å². The molecule has 0 radical (unpaired) electrons. The fourth-order valence-corrected chi connectivity index (χ4v) is 2.01. The summed E-state index contributed by atoms with van der Waals surface area (Å²) < 4.78 is 0. The van der Waals surface area contributed by atoms with E-state index < -0.39 is 0 Å². The fourth-order valence-electron chi connectivity index (χ4n) is 1.85. The Balaban J connectivity index is 2.05. The number of aromatic nitrogens is 2. The van der Waals surface area contributed by atoms with Gasteiger partial charge < -0.3 is 5.32 Å². The Kier molecular flexibility index (Phi) is 2.82. The molecule has 0 fully saturated rings. The molecule has 2 heterocycles. The van der Waals surface area contributed by atoms with Gasteiger partial charge in [0.15, 0.2) is 0 Å². The van der Waals surface area contributed by atoms with E-state index in [2.05, 4.69) is 15.3 Å². The number of hydrogen-bond donors (Lipinski definition) is 1. The van der Waals surface area contributed by atoms with Gasteiger partial charge in [0.25, 0.3) is 0 Å². The number of rotatable bonds is 2. The summed E-state index contributed by atoms with van der Waals surface area (Å²) in [6.45, 7) is 0. The Bertz CT molecular complexity index is 692. The van der Waals surface area contributed by atoms with Crippen molar-refractivity contribution in [1.29, 1.82) is 0 Å². The molecule has 3 aromatic rings. The number of fused-ring (bicyclic) bond motifs is 1. The monoisotopic (exact) mass is 255 g/mol. The molecule has 0 aliphatic heterocycles. The van der Waals surface area contributed by atoms with Crippen LogP contribution in [0.1, 0.15) is 0 Å². The largest absolute Gasteiger partial charge is 0.340 e. The highest BCUT2D eigenvalue weighted by Gasteiger charge is 2.02. The highest BCUT2D eigenvalue weighted by Crippen LogP contribution is 2.25. The quantitative estimate of drug-likeness (QED) is 0.703. The molecule has 0 saturated heterocycles. The summed E-state index contributed by atoms with van der Waals surface area (Å²) in [5, 5.41) is 5.93. The lowest BCUT2D eigenvalue weighted by Crippen LogP contribution is -1.94. The first-order chi connectivity index (χ1) is 8.83. The average molecular weight is 256 g/mol. The van der Waals surface area contributed by atoms with Gasteiger partial charge in [0.1, 0.15) is 11.0 Å². The lowest BCUT2D eigenvalue weighted by atomic mass is 10.1. The molecule has 18 heavy (non-hydrogen) atoms. The van der Waals surface area contributed by atoms with Gasteiger partial charge in [-0.2, -0.15) is 0 Å². The normalized spacial score (nSPS) is 10.5. The molecule has 3 rings (SSSR count). The molecule has 1 aromatic carbocycles. The number of benzene rings is 1. The van der Waals surface area contributed by atoms with Crippen LogP contribution in [0.4, 0.5) is 11.5 Å². The topological polar surface area (TPSA) is 37.8 Å². The minimum absolute atomic E-state index is 0.474. The maximum absolute atomic E-state index is 5.87. The molecule has 0 unspecified atom stereocenters. The van der Waals surface area contributed by atoms with E-state index in [0.717, 1.165) is 22.3 Å². The van der Waals surface area contributed by atoms with Crippen molar-refractivity contribution in [3.8, 4) is 0 Å². The van der Waals surface area contributed by atoms with E-state index in [4.69, 9.17) is 11.6 Å². The third-order valence-corrected chi connectivity index (χ3v) is 2.87. The number of hydrogen-bond acceptors (Lipinski definition) is 3. The number of nitrogens with zero attached hydrogens (tertiary/aromatic N) is 2. The van der Waals surface area contributed by atoms with Gasteiger partial charge in [0.05, 0.1) is 0 Å². The van der Waals surface area contributed by atoms with Crippen LogP contribution in [-0.4, -0.2) is 9.97 Å². The molecule has 0 amide bonds. The first kappa shape index (κ1) is 11.0. The van der Waals surface area contributed by atoms with Crippen molar-refractivity contribution in [1.82, 2.24) is 9.97 Å². The Labute approximate surface area is 109 Å². The van der Waals surface area contributed by atoms with Crippen molar-refractivity contribution in [2.75, 3.05) is 5.32 Å². The van der Waals surface area contributed by atoms with Gasteiger partial charge >= 0.3 is 0 Å². The Hall–Kier alpha value is -2.13. The predicted octanol–water partition coefficient (Wildman–Crippen LogP) is 4.03. The van der Waals surface area contributed by atoms with Crippen LogP contribution in [0.2, 0.25) is 5.15 Å². The highest BCUT2D eigenvalue weighted by molar-refractivity contribution is 6.29. The average Bonchev–Trinajstić information content (AvgIpc) is 2.39. The predicted molar refractivity (Wildman–Crippen MR) is 74.3 cm³/mol. The standard InChI is InChI=1S/C14H10ClN3/c15-13-5-2-6-14(18-13)17-12-4-1-3-10-9-16-8-7-11(10)12/h1-9H,(H,17,18). The minimum Gasteiger partial charge on any atom is -0.340 e. The third-order valence-electron chi connectivity index (χ3n) is 2.66. The summed E-state index contributed by atoms with van der Waals surface area (Å²) in [5.74, 6) is 0.729. The van der Waals surface area contributed by atoms with Crippen LogP contribution in [-0.2, 0) is 0 Å². The molecule has 0 saturated carbocycles. The van der Waals surface area contributed by atoms with E-state index in [9.17, 15) is 0 Å². The van der Waals surface area contributed by atoms with Crippen LogP contribution >= 0.6 is 11.6 Å². The zero-order valence-corrected chi connectivity index (χ0v) is 10.2. The number of anilines is 2. The van der Waals surface area contributed by atoms with Gasteiger partial charge in [0.2, 0.25) is 0 Å². The fraction of sp³-hybridized carbons (Fsp3) is 0. The van der Waals surface area contributed by atoms with Gasteiger partial charge in [-0.15, -0.1) is 0 Å². The van der Waals surface area contributed by atoms with E-state index in [1.165, 1.54) is 0 Å². The van der Waals surface area contributed by atoms with E-state index in [-0.39, 0.29) is 0 Å². The zero-order chi connectivity index (χ0) is 12.4. The van der Waals surface area contributed by atoms with Gasteiger partial charge in [0, 0.05) is 28.9 Å². The van der Waals surface area contributed by atoms with E-state index in [1.54, 1.807) is 12.3 Å². The summed E-state index contributed by atoms with van der Waals surface area (Å²) >= 11 is 5.87. The van der Waals surface area contributed by atoms with Crippen molar-refractivity contribution in [3.05, 3.63) is 60.0 Å². The molecule has 0 atom stereocenters. The van der Waals surface area contributed by atoms with Crippen molar-refractivity contribution >= 4 is 33.9 Å². The van der Waals surface area contributed by atoms with Gasteiger partial charge in [-0.05, 0) is 24.3 Å². The molecule has 1 N–H and O–H groups in total. The minimum atomic E-state index is 0.474. The molecule has 0 spiro atoms. The van der Waals surface area contributed by atoms with Gasteiger partial charge in [-0.25, -0.2) is 4.98 Å². The molecule has 2 aromatic heterocycles. The first-order valence-electron chi connectivity index (χ1n) is 5.55. The molecular formula is C14H10ClN3. The van der Waals surface area contributed by atoms with E-state index in [0.29, 0.717) is 5.15 Å². The third kappa shape index (κ3) is 2.13. The summed E-state index contributed by atoms with van der Waals surface area (Å²) in [6, 6.07) is 13.5. The molecule has 0 aliphatic carbocycles. The molecule has 88 valence electrons. The van der Waals surface area contributed by atoms with Crippen LogP contribution in [0, 0.1) is 0 Å². The smallest absolute Gasteiger partial charge is 0.132 e. The summed E-state index contributed by atoms with van der Waals surface area (Å²) in [4.78, 5) is 8.32. The summed E-state index contributed by atoms with van der Waals surface area (Å²) in [7, 11) is 0. The maximum atomic E-state index is 5.87. The van der Waals surface area contributed by atoms with Crippen LogP contribution < -0.4 is 5.32 Å². The van der Waals surface area contributed by atoms with Crippen molar-refractivity contribution in [2.45, 2.75) is 0 Å². The Morgan fingerprint density at radius 3 is 2.78 bits per heavy atom. The zero-order valence-electron chi connectivity index (χ0n) is 9.47. The number of nitrogens with one attached hydrogen (secondary N) is 1. The van der Waals surface area contributed by atoms with Crippen molar-refractivity contribution in [2.24, 2.45) is 0 Å². The second kappa shape index (κ2) is 4.63. The van der Waals surface area contributed by atoms with Crippen molar-refractivity contribution < 1.29 is 0 Å². The van der Waals surface area contributed by atoms with Crippen LogP contribution in [0.5, 0.6) is 0 Å². The van der Waals surface area contributed by atoms with Crippen molar-refractivity contribution in [3.63, 3.8) is 0 Å². The Morgan fingerprint density at radius 2 is 1.89 bits per heavy atom. The van der Waals surface area contributed by atoms with Gasteiger partial charge in [-0.1, -0.05) is 29.8 Å². The van der Waals surface area contributed by atoms with Crippen LogP contribution in [0.25, 0.3) is 10.8 Å². The first-order valence-corrected chi connectivity index (χ1v) is 5.93. The summed E-state index contributed by atoms with van der Waals surface area (Å²) in [5.41, 5.74) is 0.990. The second-order valence-corrected chi connectivity index (χ2v) is 4.26. The Morgan fingerprint density at radius 1 is 1.00 bits per heavy atom. The van der Waals surface area contributed by atoms with E-state index >= 15 is 0 Å². The number of pyridine rings is 2. The number of halogens is 1.